The summed E-state index contributed by atoms with van der Waals surface area (Å²) in [6, 6.07) is 0. The van der Waals surface area contributed by atoms with Crippen LogP contribution in [0.3, 0.4) is 0 Å². The first-order chi connectivity index (χ1) is 4.85. The smallest absolute Gasteiger partial charge is 0.0558 e. The average molecular weight is 221 g/mol. The average Bonchev–Trinajstić information content (AvgIpc) is 1.90. The van der Waals surface area contributed by atoms with E-state index in [-0.39, 0.29) is 38.0 Å². The Morgan fingerprint density at radius 3 is 1.58 bits per heavy atom. The van der Waals surface area contributed by atoms with Crippen molar-refractivity contribution in [2.45, 2.75) is 0 Å². The van der Waals surface area contributed by atoms with Crippen LogP contribution in [0.5, 0.6) is 0 Å². The van der Waals surface area contributed by atoms with Crippen molar-refractivity contribution in [1.29, 1.82) is 0 Å². The van der Waals surface area contributed by atoms with E-state index < -0.39 is 0 Å². The van der Waals surface area contributed by atoms with Gasteiger partial charge in [-0.2, -0.15) is 0 Å². The summed E-state index contributed by atoms with van der Waals surface area (Å²) < 4.78 is 0. The van der Waals surface area contributed by atoms with Crippen molar-refractivity contribution >= 4 is 24.8 Å². The highest BCUT2D eigenvalue weighted by atomic mass is 35.5. The summed E-state index contributed by atoms with van der Waals surface area (Å²) in [5.74, 6) is 0. The van der Waals surface area contributed by atoms with E-state index >= 15 is 0 Å². The van der Waals surface area contributed by atoms with E-state index in [1.54, 1.807) is 0 Å². The first-order valence-electron chi connectivity index (χ1n) is 3.49. The van der Waals surface area contributed by atoms with Gasteiger partial charge in [-0.15, -0.1) is 24.8 Å². The zero-order valence-electron chi connectivity index (χ0n) is 6.98. The maximum atomic E-state index is 8.53. The second-order valence-corrected chi connectivity index (χ2v) is 2.08. The molecule has 4 N–H and O–H groups in total. The van der Waals surface area contributed by atoms with Gasteiger partial charge >= 0.3 is 0 Å². The Kier molecular flexibility index (Phi) is 21.3. The van der Waals surface area contributed by atoms with E-state index in [9.17, 15) is 0 Å². The Hall–Kier alpha value is 0.420. The second kappa shape index (κ2) is 14.0. The van der Waals surface area contributed by atoms with Gasteiger partial charge in [-0.05, 0) is 0 Å². The minimum atomic E-state index is 0. The second-order valence-electron chi connectivity index (χ2n) is 2.08. The van der Waals surface area contributed by atoms with Gasteiger partial charge in [0.05, 0.1) is 13.2 Å². The molecule has 12 heavy (non-hydrogen) atoms. The Morgan fingerprint density at radius 1 is 0.917 bits per heavy atom. The lowest BCUT2D eigenvalue weighted by molar-refractivity contribution is 0.164. The van der Waals surface area contributed by atoms with E-state index in [0.717, 1.165) is 6.54 Å². The van der Waals surface area contributed by atoms with Crippen LogP contribution >= 0.6 is 24.8 Å². The van der Waals surface area contributed by atoms with Crippen LogP contribution in [0.2, 0.25) is 0 Å². The molecule has 0 rings (SSSR count). The highest BCUT2D eigenvalue weighted by Crippen LogP contribution is 1.83. The van der Waals surface area contributed by atoms with Crippen molar-refractivity contribution in [2.75, 3.05) is 39.4 Å². The van der Waals surface area contributed by atoms with E-state index in [0.29, 0.717) is 19.6 Å². The van der Waals surface area contributed by atoms with Crippen LogP contribution in [0, 0.1) is 0 Å². The van der Waals surface area contributed by atoms with E-state index in [4.69, 9.17) is 15.9 Å². The Labute approximate surface area is 85.6 Å². The molecule has 0 spiro atoms. The highest BCUT2D eigenvalue weighted by molar-refractivity contribution is 5.85. The molecule has 78 valence electrons. The predicted octanol–water partition coefficient (Wildman–Crippen LogP) is -0.925. The van der Waals surface area contributed by atoms with Crippen LogP contribution in [0.15, 0.2) is 0 Å². The third-order valence-electron chi connectivity index (χ3n) is 1.28. The van der Waals surface area contributed by atoms with Gasteiger partial charge in [-0.1, -0.05) is 0 Å². The van der Waals surface area contributed by atoms with Gasteiger partial charge in [-0.3, -0.25) is 4.90 Å². The van der Waals surface area contributed by atoms with Gasteiger partial charge in [0.15, 0.2) is 0 Å². The maximum Gasteiger partial charge on any atom is 0.0558 e. The van der Waals surface area contributed by atoms with Crippen molar-refractivity contribution in [3.8, 4) is 0 Å². The molecule has 0 unspecified atom stereocenters. The molecule has 0 aromatic rings. The van der Waals surface area contributed by atoms with Gasteiger partial charge in [0, 0.05) is 26.2 Å². The highest BCUT2D eigenvalue weighted by Gasteiger charge is 1.99. The number of hydrogen-bond acceptors (Lipinski definition) is 4. The monoisotopic (exact) mass is 220 g/mol. The summed E-state index contributed by atoms with van der Waals surface area (Å²) in [7, 11) is 0. The third kappa shape index (κ3) is 10.4. The first-order valence-corrected chi connectivity index (χ1v) is 3.49. The van der Waals surface area contributed by atoms with Gasteiger partial charge < -0.3 is 15.9 Å². The summed E-state index contributed by atoms with van der Waals surface area (Å²) >= 11 is 0. The van der Waals surface area contributed by atoms with Gasteiger partial charge in [0.25, 0.3) is 0 Å². The molecule has 0 fully saturated rings. The summed E-state index contributed by atoms with van der Waals surface area (Å²) in [4.78, 5) is 1.92. The quantitative estimate of drug-likeness (QED) is 0.542. The van der Waals surface area contributed by atoms with Crippen molar-refractivity contribution < 1.29 is 10.2 Å². The third-order valence-corrected chi connectivity index (χ3v) is 1.28. The van der Waals surface area contributed by atoms with Crippen LogP contribution in [0.1, 0.15) is 0 Å². The molecule has 0 aromatic carbocycles. The molecule has 0 aromatic heterocycles. The number of halogens is 2. The molecule has 0 saturated carbocycles. The normalized spacial score (nSPS) is 9.00. The minimum Gasteiger partial charge on any atom is -0.395 e. The number of hydrogen-bond donors (Lipinski definition) is 3. The topological polar surface area (TPSA) is 69.7 Å². The van der Waals surface area contributed by atoms with Crippen LogP contribution in [0.25, 0.3) is 0 Å². The Balaban J connectivity index is -0.000000405. The first kappa shape index (κ1) is 18.3. The molecule has 0 amide bonds. The minimum absolute atomic E-state index is 0. The number of aliphatic hydroxyl groups excluding tert-OH is 2. The molecule has 0 radical (unpaired) electrons. The fraction of sp³-hybridized carbons (Fsp3) is 1.00. The molecule has 0 saturated heterocycles. The number of aliphatic hydroxyl groups is 2. The van der Waals surface area contributed by atoms with Crippen molar-refractivity contribution in [2.24, 2.45) is 5.73 Å². The lowest BCUT2D eigenvalue weighted by Crippen LogP contribution is -2.34. The SMILES string of the molecule is Cl.Cl.NCCN(CCO)CCO. The molecule has 0 atom stereocenters. The number of nitrogens with zero attached hydrogens (tertiary/aromatic N) is 1. The van der Waals surface area contributed by atoms with Crippen LogP contribution in [0.4, 0.5) is 0 Å². The van der Waals surface area contributed by atoms with E-state index in [1.165, 1.54) is 0 Å². The number of rotatable bonds is 6. The number of nitrogens with two attached hydrogens (primary N) is 1. The fourth-order valence-electron chi connectivity index (χ4n) is 0.801. The predicted molar refractivity (Wildman–Crippen MR) is 54.2 cm³/mol. The van der Waals surface area contributed by atoms with Crippen LogP contribution in [-0.2, 0) is 0 Å². The fourth-order valence-corrected chi connectivity index (χ4v) is 0.801. The summed E-state index contributed by atoms with van der Waals surface area (Å²) in [5, 5.41) is 17.1. The Morgan fingerprint density at radius 2 is 1.33 bits per heavy atom. The largest absolute Gasteiger partial charge is 0.395 e. The molecule has 4 nitrogen and oxygen atoms in total. The Bertz CT molecular complexity index is 64.3. The van der Waals surface area contributed by atoms with Crippen LogP contribution < -0.4 is 5.73 Å². The van der Waals surface area contributed by atoms with Crippen molar-refractivity contribution in [3.05, 3.63) is 0 Å². The van der Waals surface area contributed by atoms with E-state index in [2.05, 4.69) is 0 Å². The molecule has 0 aliphatic rings. The zero-order chi connectivity index (χ0) is 7.82. The van der Waals surface area contributed by atoms with Crippen molar-refractivity contribution in [3.63, 3.8) is 0 Å². The summed E-state index contributed by atoms with van der Waals surface area (Å²) in [6.45, 7) is 2.75. The molecule has 0 aliphatic carbocycles. The molecule has 0 aliphatic heterocycles. The maximum absolute atomic E-state index is 8.53. The van der Waals surface area contributed by atoms with Gasteiger partial charge in [0.1, 0.15) is 0 Å². The van der Waals surface area contributed by atoms with Gasteiger partial charge in [-0.25, -0.2) is 0 Å². The van der Waals surface area contributed by atoms with Crippen LogP contribution in [-0.4, -0.2) is 54.5 Å². The summed E-state index contributed by atoms with van der Waals surface area (Å²) in [6.07, 6.45) is 0. The molecule has 6 heteroatoms. The standard InChI is InChI=1S/C6H16N2O2.2ClH/c7-1-2-8(3-5-9)4-6-10;;/h9-10H,1-7H2;2*1H. The summed E-state index contributed by atoms with van der Waals surface area (Å²) in [5.41, 5.74) is 5.29. The zero-order valence-corrected chi connectivity index (χ0v) is 8.61. The molecule has 0 heterocycles. The van der Waals surface area contributed by atoms with E-state index in [1.807, 2.05) is 4.90 Å². The lowest BCUT2D eigenvalue weighted by Gasteiger charge is -2.18. The molecule has 0 bridgehead atoms. The van der Waals surface area contributed by atoms with Gasteiger partial charge in [0.2, 0.25) is 0 Å². The molecular formula is C6H18Cl2N2O2. The lowest BCUT2D eigenvalue weighted by atomic mass is 10.4. The van der Waals surface area contributed by atoms with Crippen molar-refractivity contribution in [1.82, 2.24) is 4.90 Å². The molecular weight excluding hydrogens is 203 g/mol.